The number of fused-ring (bicyclic) bond motifs is 1. The summed E-state index contributed by atoms with van der Waals surface area (Å²) < 4.78 is 28.2. The first-order chi connectivity index (χ1) is 15.3. The number of rotatable bonds is 3. The van der Waals surface area contributed by atoms with Crippen LogP contribution in [0.4, 0.5) is 0 Å². The lowest BCUT2D eigenvalue weighted by molar-refractivity contribution is 0.345. The van der Waals surface area contributed by atoms with E-state index in [0.29, 0.717) is 23.2 Å². The first-order valence-corrected chi connectivity index (χ1v) is 13.2. The zero-order chi connectivity index (χ0) is 22.9. The number of nitrogens with zero attached hydrogens (tertiary/aromatic N) is 2. The number of aromatic hydroxyl groups is 1. The number of para-hydroxylation sites is 2. The number of aromatic nitrogens is 2. The van der Waals surface area contributed by atoms with Crippen molar-refractivity contribution >= 4 is 21.1 Å². The predicted molar refractivity (Wildman–Crippen MR) is 129 cm³/mol. The minimum atomic E-state index is -3.97. The summed E-state index contributed by atoms with van der Waals surface area (Å²) in [5, 5.41) is 10.2. The molecule has 32 heavy (non-hydrogen) atoms. The lowest BCUT2D eigenvalue weighted by atomic mass is 9.81. The van der Waals surface area contributed by atoms with Gasteiger partial charge in [0.05, 0.1) is 11.0 Å². The van der Waals surface area contributed by atoms with Gasteiger partial charge < -0.3 is 5.11 Å². The van der Waals surface area contributed by atoms with Crippen LogP contribution in [0.25, 0.3) is 11.0 Å². The third-order valence-corrected chi connectivity index (χ3v) is 8.83. The summed E-state index contributed by atoms with van der Waals surface area (Å²) in [7, 11) is -3.97. The van der Waals surface area contributed by atoms with E-state index < -0.39 is 10.0 Å². The summed E-state index contributed by atoms with van der Waals surface area (Å²) >= 11 is 0. The van der Waals surface area contributed by atoms with Gasteiger partial charge in [-0.15, -0.1) is 0 Å². The molecule has 3 atom stereocenters. The predicted octanol–water partition coefficient (Wildman–Crippen LogP) is 6.39. The third-order valence-electron chi connectivity index (χ3n) is 6.99. The molecule has 6 heteroatoms. The highest BCUT2D eigenvalue weighted by Crippen LogP contribution is 2.38. The van der Waals surface area contributed by atoms with Crippen LogP contribution in [-0.2, 0) is 10.0 Å². The Bertz CT molecular complexity index is 1200. The monoisotopic (exact) mass is 454 g/mol. The van der Waals surface area contributed by atoms with Crippen molar-refractivity contribution in [2.45, 2.75) is 76.5 Å². The number of hydrogen-bond donors (Lipinski definition) is 1. The minimum absolute atomic E-state index is 0.103. The van der Waals surface area contributed by atoms with E-state index in [4.69, 9.17) is 4.98 Å². The summed E-state index contributed by atoms with van der Waals surface area (Å²) in [4.78, 5) is 4.65. The van der Waals surface area contributed by atoms with E-state index in [1.807, 2.05) is 12.1 Å². The largest absolute Gasteiger partial charge is 0.507 e. The summed E-state index contributed by atoms with van der Waals surface area (Å²) in [6.07, 6.45) is 8.48. The highest BCUT2D eigenvalue weighted by Gasteiger charge is 2.28. The van der Waals surface area contributed by atoms with Crippen molar-refractivity contribution in [2.24, 2.45) is 11.8 Å². The molecule has 1 unspecified atom stereocenters. The number of imidazole rings is 1. The van der Waals surface area contributed by atoms with Gasteiger partial charge in [-0.05, 0) is 61.3 Å². The SMILES string of the molecule is Cc1nc2c(C3CCC[C@H](C)CCC[C@H](C)C3)cccc2n1S(=O)(=O)c1ccccc1O. The van der Waals surface area contributed by atoms with Gasteiger partial charge in [0.1, 0.15) is 16.5 Å². The topological polar surface area (TPSA) is 72.2 Å². The normalized spacial score (nSPS) is 23.3. The fourth-order valence-corrected chi connectivity index (χ4v) is 6.87. The van der Waals surface area contributed by atoms with Crippen LogP contribution in [0.1, 0.15) is 76.1 Å². The third kappa shape index (κ3) is 4.42. The van der Waals surface area contributed by atoms with Gasteiger partial charge in [-0.2, -0.15) is 0 Å². The van der Waals surface area contributed by atoms with Gasteiger partial charge in [-0.3, -0.25) is 0 Å². The molecule has 1 aromatic heterocycles. The van der Waals surface area contributed by atoms with E-state index in [1.165, 1.54) is 48.2 Å². The van der Waals surface area contributed by atoms with E-state index in [1.54, 1.807) is 19.1 Å². The Morgan fingerprint density at radius 2 is 1.62 bits per heavy atom. The highest BCUT2D eigenvalue weighted by atomic mass is 32.2. The quantitative estimate of drug-likeness (QED) is 0.498. The fraction of sp³-hybridized carbons (Fsp3) is 0.500. The molecule has 3 aromatic rings. The molecule has 5 nitrogen and oxygen atoms in total. The Morgan fingerprint density at radius 1 is 0.938 bits per heavy atom. The molecule has 1 saturated carbocycles. The molecule has 1 heterocycles. The molecule has 0 saturated heterocycles. The summed E-state index contributed by atoms with van der Waals surface area (Å²) in [5.74, 6) is 1.93. The maximum absolute atomic E-state index is 13.5. The number of benzene rings is 2. The molecule has 1 N–H and O–H groups in total. The highest BCUT2D eigenvalue weighted by molar-refractivity contribution is 7.90. The molecule has 0 aliphatic heterocycles. The molecular weight excluding hydrogens is 420 g/mol. The van der Waals surface area contributed by atoms with E-state index in [2.05, 4.69) is 19.9 Å². The lowest BCUT2D eigenvalue weighted by Crippen LogP contribution is -2.14. The maximum atomic E-state index is 13.5. The lowest BCUT2D eigenvalue weighted by Gasteiger charge is -2.25. The van der Waals surface area contributed by atoms with Crippen LogP contribution in [0, 0.1) is 18.8 Å². The van der Waals surface area contributed by atoms with Crippen molar-refractivity contribution in [1.29, 1.82) is 0 Å². The summed E-state index contributed by atoms with van der Waals surface area (Å²) in [6.45, 7) is 6.42. The van der Waals surface area contributed by atoms with Crippen molar-refractivity contribution in [3.05, 3.63) is 53.9 Å². The zero-order valence-electron chi connectivity index (χ0n) is 19.3. The second-order valence-electron chi connectivity index (χ2n) is 9.62. The van der Waals surface area contributed by atoms with Gasteiger partial charge in [0, 0.05) is 0 Å². The molecule has 4 rings (SSSR count). The van der Waals surface area contributed by atoms with Crippen LogP contribution in [0.5, 0.6) is 5.75 Å². The van der Waals surface area contributed by atoms with Gasteiger partial charge in [0.25, 0.3) is 10.0 Å². The smallest absolute Gasteiger partial charge is 0.273 e. The molecule has 0 spiro atoms. The van der Waals surface area contributed by atoms with Gasteiger partial charge in [-0.25, -0.2) is 17.4 Å². The number of phenols is 1. The van der Waals surface area contributed by atoms with Crippen molar-refractivity contribution in [1.82, 2.24) is 8.96 Å². The number of aryl methyl sites for hydroxylation is 1. The van der Waals surface area contributed by atoms with E-state index in [0.717, 1.165) is 29.8 Å². The van der Waals surface area contributed by atoms with Crippen LogP contribution in [-0.4, -0.2) is 22.5 Å². The second-order valence-corrected chi connectivity index (χ2v) is 11.4. The molecule has 1 aliphatic carbocycles. The summed E-state index contributed by atoms with van der Waals surface area (Å²) in [5.41, 5.74) is 2.50. The molecule has 2 aromatic carbocycles. The van der Waals surface area contributed by atoms with Crippen molar-refractivity contribution < 1.29 is 13.5 Å². The average molecular weight is 455 g/mol. The van der Waals surface area contributed by atoms with Crippen LogP contribution in [0.15, 0.2) is 47.4 Å². The van der Waals surface area contributed by atoms with Gasteiger partial charge in [0.2, 0.25) is 0 Å². The van der Waals surface area contributed by atoms with Crippen molar-refractivity contribution in [3.8, 4) is 5.75 Å². The Kier molecular flexibility index (Phi) is 6.61. The standard InChI is InChI=1S/C26H34N2O3S/c1-18-9-6-11-19(2)17-21(12-7-10-18)22-13-8-14-23-26(22)27-20(3)28(23)32(30,31)25-16-5-4-15-24(25)29/h4-5,8,13-16,18-19,21,29H,6-7,9-12,17H2,1-3H3/t18-,19+,21?/m1/s1. The first kappa shape index (κ1) is 22.8. The summed E-state index contributed by atoms with van der Waals surface area (Å²) in [6, 6.07) is 12.0. The first-order valence-electron chi connectivity index (χ1n) is 11.8. The average Bonchev–Trinajstić information content (AvgIpc) is 3.09. The Morgan fingerprint density at radius 3 is 2.38 bits per heavy atom. The van der Waals surface area contributed by atoms with Crippen LogP contribution < -0.4 is 0 Å². The Labute approximate surface area is 191 Å². The van der Waals surface area contributed by atoms with E-state index in [-0.39, 0.29) is 10.6 Å². The van der Waals surface area contributed by atoms with Crippen molar-refractivity contribution in [2.75, 3.05) is 0 Å². The van der Waals surface area contributed by atoms with Gasteiger partial charge in [0.15, 0.2) is 0 Å². The number of hydrogen-bond acceptors (Lipinski definition) is 4. The van der Waals surface area contributed by atoms with E-state index >= 15 is 0 Å². The van der Waals surface area contributed by atoms with Crippen LogP contribution in [0.2, 0.25) is 0 Å². The molecule has 0 bridgehead atoms. The Hall–Kier alpha value is -2.34. The molecule has 0 radical (unpaired) electrons. The molecular formula is C26H34N2O3S. The molecule has 1 aliphatic rings. The Balaban J connectivity index is 1.79. The minimum Gasteiger partial charge on any atom is -0.507 e. The van der Waals surface area contributed by atoms with Gasteiger partial charge >= 0.3 is 0 Å². The zero-order valence-corrected chi connectivity index (χ0v) is 20.1. The molecule has 172 valence electrons. The van der Waals surface area contributed by atoms with Crippen LogP contribution >= 0.6 is 0 Å². The maximum Gasteiger partial charge on any atom is 0.273 e. The van der Waals surface area contributed by atoms with E-state index in [9.17, 15) is 13.5 Å². The fourth-order valence-electron chi connectivity index (χ4n) is 5.30. The number of phenolic OH excluding ortho intramolecular Hbond substituents is 1. The second kappa shape index (κ2) is 9.26. The van der Waals surface area contributed by atoms with Crippen LogP contribution in [0.3, 0.4) is 0 Å². The molecule has 1 fully saturated rings. The van der Waals surface area contributed by atoms with Crippen molar-refractivity contribution in [3.63, 3.8) is 0 Å². The molecule has 0 amide bonds. The van der Waals surface area contributed by atoms with Gasteiger partial charge in [-0.1, -0.05) is 70.2 Å².